The summed E-state index contributed by atoms with van der Waals surface area (Å²) in [5, 5.41) is 0. The lowest BCUT2D eigenvalue weighted by Gasteiger charge is -1.92. The predicted molar refractivity (Wildman–Crippen MR) is 85.5 cm³/mol. The van der Waals surface area contributed by atoms with Gasteiger partial charge in [-0.1, -0.05) is 78.9 Å². The van der Waals surface area contributed by atoms with Crippen LogP contribution in [-0.2, 0) is 0 Å². The summed E-state index contributed by atoms with van der Waals surface area (Å²) in [6, 6.07) is 19.2. The smallest absolute Gasteiger partial charge is 0.185 e. The molecule has 0 amide bonds. The number of benzene rings is 2. The van der Waals surface area contributed by atoms with Crippen LogP contribution in [0, 0.1) is 0 Å². The highest BCUT2D eigenvalue weighted by atomic mass is 16.1. The predicted octanol–water partition coefficient (Wildman–Crippen LogP) is 5.01. The lowest BCUT2D eigenvalue weighted by molar-refractivity contribution is 0.104. The lowest BCUT2D eigenvalue weighted by atomic mass is 10.1. The van der Waals surface area contributed by atoms with Gasteiger partial charge in [-0.25, -0.2) is 0 Å². The molecule has 0 aliphatic rings. The molecule has 0 saturated carbocycles. The average molecular weight is 276 g/mol. The molecule has 2 aromatic rings. The van der Waals surface area contributed by atoms with Crippen molar-refractivity contribution >= 4 is 11.9 Å². The van der Waals surface area contributed by atoms with E-state index in [1.807, 2.05) is 72.8 Å². The summed E-state index contributed by atoms with van der Waals surface area (Å²) in [4.78, 5) is 13.2. The molecule has 0 fully saturated rings. The summed E-state index contributed by atoms with van der Waals surface area (Å²) in [6.07, 6.45) is 7.18. The van der Waals surface area contributed by atoms with Crippen molar-refractivity contribution in [2.24, 2.45) is 0 Å². The van der Waals surface area contributed by atoms with Crippen molar-refractivity contribution in [1.29, 1.82) is 0 Å². The van der Waals surface area contributed by atoms with Gasteiger partial charge in [0.25, 0.3) is 0 Å². The minimum atomic E-state index is 0.0216. The second-order valence-electron chi connectivity index (χ2n) is 3.95. The average Bonchev–Trinajstić information content (AvgIpc) is 2.54. The number of rotatable bonds is 4. The van der Waals surface area contributed by atoms with Crippen LogP contribution in [0.15, 0.2) is 78.9 Å². The normalized spacial score (nSPS) is 9.90. The maximum atomic E-state index is 11.7. The molecule has 0 unspecified atom stereocenters. The number of hydrogen-bond donors (Lipinski definition) is 0. The van der Waals surface area contributed by atoms with Gasteiger partial charge in [0.05, 0.1) is 0 Å². The van der Waals surface area contributed by atoms with Crippen LogP contribution in [0.5, 0.6) is 0 Å². The zero-order chi connectivity index (χ0) is 15.3. The van der Waals surface area contributed by atoms with Crippen LogP contribution in [0.1, 0.15) is 15.9 Å². The van der Waals surface area contributed by atoms with E-state index in [1.54, 1.807) is 12.2 Å². The van der Waals surface area contributed by atoms with Crippen molar-refractivity contribution in [3.05, 3.63) is 106 Å². The third-order valence-electron chi connectivity index (χ3n) is 2.51. The molecule has 104 valence electrons. The van der Waals surface area contributed by atoms with Gasteiger partial charge in [-0.2, -0.15) is 0 Å². The van der Waals surface area contributed by atoms with Crippen molar-refractivity contribution < 1.29 is 4.79 Å². The molecule has 2 aromatic carbocycles. The molecule has 0 aliphatic carbocycles. The van der Waals surface area contributed by atoms with Crippen LogP contribution < -0.4 is 0 Å². The molecule has 0 N–H and O–H groups in total. The molecule has 4 heteroatoms. The zero-order valence-electron chi connectivity index (χ0n) is 11.3. The Kier molecular flexibility index (Phi) is 7.43. The molecule has 0 atom stereocenters. The Labute approximate surface area is 123 Å². The van der Waals surface area contributed by atoms with Gasteiger partial charge in [0.15, 0.2) is 5.78 Å². The van der Waals surface area contributed by atoms with E-state index in [1.165, 1.54) is 4.91 Å². The Hall–Kier alpha value is -3.10. The monoisotopic (exact) mass is 276 g/mol. The first-order valence-corrected chi connectivity index (χ1v) is 6.25. The standard InChI is InChI=1S/C17H14O.N3/c18-17(16-12-5-2-6-13-16)14-8-7-11-15-9-3-1-4-10-15;1-3-2/h1-14H;/q;-1/b11-7+,14-8+;. The lowest BCUT2D eigenvalue weighted by Crippen LogP contribution is -1.92. The molecule has 0 saturated heterocycles. The zero-order valence-corrected chi connectivity index (χ0v) is 11.3. The second-order valence-corrected chi connectivity index (χ2v) is 3.95. The summed E-state index contributed by atoms with van der Waals surface area (Å²) < 4.78 is 0. The van der Waals surface area contributed by atoms with Crippen LogP contribution in [0.3, 0.4) is 0 Å². The number of ketones is 1. The first-order chi connectivity index (χ1) is 10.3. The second kappa shape index (κ2) is 9.78. The topological polar surface area (TPSA) is 75.8 Å². The first-order valence-electron chi connectivity index (χ1n) is 6.25. The van der Waals surface area contributed by atoms with E-state index in [9.17, 15) is 4.79 Å². The van der Waals surface area contributed by atoms with Crippen LogP contribution in [0.2, 0.25) is 0 Å². The van der Waals surface area contributed by atoms with E-state index in [4.69, 9.17) is 11.1 Å². The van der Waals surface area contributed by atoms with Crippen molar-refractivity contribution in [2.45, 2.75) is 0 Å². The summed E-state index contributed by atoms with van der Waals surface area (Å²) in [7, 11) is 0. The van der Waals surface area contributed by atoms with Crippen molar-refractivity contribution in [2.75, 3.05) is 0 Å². The van der Waals surface area contributed by atoms with Gasteiger partial charge in [0, 0.05) is 5.56 Å². The van der Waals surface area contributed by atoms with Gasteiger partial charge in [-0.15, -0.1) is 0 Å². The van der Waals surface area contributed by atoms with Crippen molar-refractivity contribution in [3.8, 4) is 0 Å². The molecular formula is C17H14N3O-. The Morgan fingerprint density at radius 3 is 1.95 bits per heavy atom. The Bertz CT molecular complexity index is 640. The molecule has 0 aromatic heterocycles. The molecule has 2 rings (SSSR count). The number of allylic oxidation sites excluding steroid dienone is 3. The fourth-order valence-electron chi connectivity index (χ4n) is 1.57. The van der Waals surface area contributed by atoms with Crippen molar-refractivity contribution in [3.63, 3.8) is 0 Å². The van der Waals surface area contributed by atoms with Gasteiger partial charge >= 0.3 is 0 Å². The minimum absolute atomic E-state index is 0.0216. The molecule has 0 bridgehead atoms. The highest BCUT2D eigenvalue weighted by Crippen LogP contribution is 2.03. The number of carbonyl (C=O) groups is 1. The van der Waals surface area contributed by atoms with Crippen LogP contribution in [0.25, 0.3) is 22.0 Å². The highest BCUT2D eigenvalue weighted by Gasteiger charge is 1.97. The van der Waals surface area contributed by atoms with E-state index in [2.05, 4.69) is 0 Å². The third-order valence-corrected chi connectivity index (χ3v) is 2.51. The van der Waals surface area contributed by atoms with Crippen LogP contribution in [0.4, 0.5) is 0 Å². The third kappa shape index (κ3) is 6.57. The highest BCUT2D eigenvalue weighted by molar-refractivity contribution is 6.04. The molecule has 0 aliphatic heterocycles. The largest absolute Gasteiger partial charge is 0.373 e. The van der Waals surface area contributed by atoms with Crippen LogP contribution in [-0.4, -0.2) is 5.78 Å². The van der Waals surface area contributed by atoms with E-state index in [0.717, 1.165) is 5.56 Å². The molecule has 0 spiro atoms. The van der Waals surface area contributed by atoms with Crippen LogP contribution >= 0.6 is 0 Å². The summed E-state index contributed by atoms with van der Waals surface area (Å²) in [5.41, 5.74) is 15.3. The van der Waals surface area contributed by atoms with E-state index in [0.29, 0.717) is 5.56 Å². The summed E-state index contributed by atoms with van der Waals surface area (Å²) in [6.45, 7) is 0. The Morgan fingerprint density at radius 1 is 0.857 bits per heavy atom. The maximum Gasteiger partial charge on any atom is 0.185 e. The Balaban J connectivity index is 0.000000677. The summed E-state index contributed by atoms with van der Waals surface area (Å²) >= 11 is 0. The molecule has 21 heavy (non-hydrogen) atoms. The molecule has 0 heterocycles. The molecule has 4 nitrogen and oxygen atoms in total. The summed E-state index contributed by atoms with van der Waals surface area (Å²) in [5.74, 6) is 0.0216. The van der Waals surface area contributed by atoms with E-state index in [-0.39, 0.29) is 5.78 Å². The van der Waals surface area contributed by atoms with E-state index >= 15 is 0 Å². The number of nitrogens with zero attached hydrogens (tertiary/aromatic N) is 3. The fraction of sp³-hybridized carbons (Fsp3) is 0. The number of hydrogen-bond acceptors (Lipinski definition) is 1. The van der Waals surface area contributed by atoms with Gasteiger partial charge in [0.1, 0.15) is 0 Å². The molecule has 0 radical (unpaired) electrons. The molecular weight excluding hydrogens is 262 g/mol. The maximum absolute atomic E-state index is 11.7. The van der Waals surface area contributed by atoms with E-state index < -0.39 is 0 Å². The fourth-order valence-corrected chi connectivity index (χ4v) is 1.57. The van der Waals surface area contributed by atoms with Gasteiger partial charge < -0.3 is 11.1 Å². The number of carbonyl (C=O) groups excluding carboxylic acids is 1. The quantitative estimate of drug-likeness (QED) is 0.193. The minimum Gasteiger partial charge on any atom is -0.373 e. The van der Waals surface area contributed by atoms with Crippen molar-refractivity contribution in [1.82, 2.24) is 0 Å². The van der Waals surface area contributed by atoms with Gasteiger partial charge in [-0.3, -0.25) is 9.71 Å². The SMILES string of the molecule is O=C(/C=C/C=C/c1ccccc1)c1ccccc1.[N-]=[N+]=[N-]. The first kappa shape index (κ1) is 16.0. The van der Waals surface area contributed by atoms with Gasteiger partial charge in [-0.05, 0) is 11.6 Å². The van der Waals surface area contributed by atoms with Gasteiger partial charge in [0.2, 0.25) is 0 Å². The Morgan fingerprint density at radius 2 is 1.38 bits per heavy atom.